The van der Waals surface area contributed by atoms with Crippen molar-refractivity contribution >= 4 is 23.3 Å². The SMILES string of the molecule is O=C(NCc1cc(C(F)(F)F)cc(C(F)(F)F)c1)[C@@H](CCN1CCC2(C=Cc3ccccc32)CC1)c1ccsc1. The normalized spacial score (nSPS) is 17.6. The third kappa shape index (κ3) is 6.12. The maximum absolute atomic E-state index is 13.2. The molecule has 212 valence electrons. The van der Waals surface area contributed by atoms with E-state index in [4.69, 9.17) is 0 Å². The van der Waals surface area contributed by atoms with Gasteiger partial charge in [-0.2, -0.15) is 37.7 Å². The minimum atomic E-state index is -4.94. The Labute approximate surface area is 232 Å². The van der Waals surface area contributed by atoms with Gasteiger partial charge < -0.3 is 10.2 Å². The molecule has 1 aromatic heterocycles. The Morgan fingerprint density at radius 2 is 1.65 bits per heavy atom. The van der Waals surface area contributed by atoms with Gasteiger partial charge in [0.05, 0.1) is 17.0 Å². The number of allylic oxidation sites excluding steroid dienone is 1. The molecule has 1 saturated heterocycles. The van der Waals surface area contributed by atoms with Crippen molar-refractivity contribution in [2.45, 2.75) is 49.5 Å². The summed E-state index contributed by atoms with van der Waals surface area (Å²) < 4.78 is 79.4. The zero-order valence-electron chi connectivity index (χ0n) is 21.5. The summed E-state index contributed by atoms with van der Waals surface area (Å²) in [5, 5.41) is 6.28. The first-order chi connectivity index (χ1) is 18.9. The summed E-state index contributed by atoms with van der Waals surface area (Å²) in [6.07, 6.45) is -2.98. The second kappa shape index (κ2) is 11.0. The number of fused-ring (bicyclic) bond motifs is 2. The number of halogens is 6. The van der Waals surface area contributed by atoms with Gasteiger partial charge in [-0.25, -0.2) is 0 Å². The molecular weight excluding hydrogens is 550 g/mol. The molecule has 3 nitrogen and oxygen atoms in total. The lowest BCUT2D eigenvalue weighted by atomic mass is 9.74. The van der Waals surface area contributed by atoms with Crippen LogP contribution in [0.5, 0.6) is 0 Å². The number of hydrogen-bond acceptors (Lipinski definition) is 3. The molecule has 1 aliphatic carbocycles. The summed E-state index contributed by atoms with van der Waals surface area (Å²) in [4.78, 5) is 15.5. The number of amides is 1. The summed E-state index contributed by atoms with van der Waals surface area (Å²) in [7, 11) is 0. The minimum absolute atomic E-state index is 0.0391. The van der Waals surface area contributed by atoms with Gasteiger partial charge in [-0.15, -0.1) is 0 Å². The van der Waals surface area contributed by atoms with Gasteiger partial charge in [-0.05, 0) is 96.2 Å². The maximum atomic E-state index is 13.2. The fraction of sp³-hybridized carbons (Fsp3) is 0.367. The highest BCUT2D eigenvalue weighted by Gasteiger charge is 2.39. The molecule has 40 heavy (non-hydrogen) atoms. The fourth-order valence-electron chi connectivity index (χ4n) is 5.71. The molecule has 1 fully saturated rings. The largest absolute Gasteiger partial charge is 0.416 e. The van der Waals surface area contributed by atoms with Crippen molar-refractivity contribution < 1.29 is 31.1 Å². The highest BCUT2D eigenvalue weighted by Crippen LogP contribution is 2.44. The zero-order chi connectivity index (χ0) is 28.5. The van der Waals surface area contributed by atoms with Crippen LogP contribution < -0.4 is 5.32 Å². The standard InChI is InChI=1S/C30H28F6N2OS/c31-29(32,33)23-15-20(16-24(17-23)30(34,35)36)18-37-27(39)25(22-7-14-40-19-22)6-11-38-12-9-28(10-13-38)8-5-21-3-1-2-4-26(21)28/h1-5,7-8,14-17,19,25H,6,9-13,18H2,(H,37,39)/t25-/m0/s1. The van der Waals surface area contributed by atoms with E-state index in [1.165, 1.54) is 22.5 Å². The van der Waals surface area contributed by atoms with Gasteiger partial charge in [0.25, 0.3) is 0 Å². The van der Waals surface area contributed by atoms with Crippen molar-refractivity contribution in [2.75, 3.05) is 19.6 Å². The van der Waals surface area contributed by atoms with Gasteiger partial charge in [0.2, 0.25) is 5.91 Å². The van der Waals surface area contributed by atoms with E-state index in [1.54, 1.807) is 0 Å². The van der Waals surface area contributed by atoms with Gasteiger partial charge in [-0.3, -0.25) is 4.79 Å². The van der Waals surface area contributed by atoms with E-state index in [1.807, 2.05) is 22.9 Å². The highest BCUT2D eigenvalue weighted by atomic mass is 32.1. The Balaban J connectivity index is 1.23. The Hall–Kier alpha value is -3.11. The maximum Gasteiger partial charge on any atom is 0.416 e. The molecule has 5 rings (SSSR count). The van der Waals surface area contributed by atoms with E-state index in [9.17, 15) is 31.1 Å². The molecule has 10 heteroatoms. The predicted molar refractivity (Wildman–Crippen MR) is 143 cm³/mol. The van der Waals surface area contributed by atoms with Crippen LogP contribution in [0.3, 0.4) is 0 Å². The van der Waals surface area contributed by atoms with Gasteiger partial charge in [0, 0.05) is 12.0 Å². The molecule has 1 amide bonds. The number of rotatable bonds is 7. The molecule has 0 unspecified atom stereocenters. The molecule has 0 saturated carbocycles. The predicted octanol–water partition coefficient (Wildman–Crippen LogP) is 7.64. The number of thiophene rings is 1. The van der Waals surface area contributed by atoms with Crippen LogP contribution in [0.1, 0.15) is 58.6 Å². The van der Waals surface area contributed by atoms with E-state index in [-0.39, 0.29) is 17.0 Å². The Kier molecular flexibility index (Phi) is 7.85. The van der Waals surface area contributed by atoms with Gasteiger partial charge >= 0.3 is 12.4 Å². The molecular formula is C30H28F6N2OS. The van der Waals surface area contributed by atoms with Crippen molar-refractivity contribution in [3.8, 4) is 0 Å². The van der Waals surface area contributed by atoms with Gasteiger partial charge in [0.1, 0.15) is 0 Å². The highest BCUT2D eigenvalue weighted by molar-refractivity contribution is 7.08. The Morgan fingerprint density at radius 1 is 0.975 bits per heavy atom. The summed E-state index contributed by atoms with van der Waals surface area (Å²) >= 11 is 1.43. The lowest BCUT2D eigenvalue weighted by Gasteiger charge is -2.39. The minimum Gasteiger partial charge on any atom is -0.351 e. The van der Waals surface area contributed by atoms with Crippen LogP contribution in [-0.2, 0) is 29.1 Å². The van der Waals surface area contributed by atoms with E-state index < -0.39 is 41.8 Å². The monoisotopic (exact) mass is 578 g/mol. The average molecular weight is 579 g/mol. The average Bonchev–Trinajstić information content (AvgIpc) is 3.57. The summed E-state index contributed by atoms with van der Waals surface area (Å²) in [5.74, 6) is -0.993. The first kappa shape index (κ1) is 28.4. The van der Waals surface area contributed by atoms with Crippen molar-refractivity contribution in [2.24, 2.45) is 0 Å². The second-order valence-corrected chi connectivity index (χ2v) is 11.2. The number of benzene rings is 2. The number of carbonyl (C=O) groups excluding carboxylic acids is 1. The molecule has 3 aromatic rings. The molecule has 1 atom stereocenters. The first-order valence-corrected chi connectivity index (χ1v) is 14.0. The third-order valence-corrected chi connectivity index (χ3v) is 8.64. The lowest BCUT2D eigenvalue weighted by molar-refractivity contribution is -0.143. The number of carbonyl (C=O) groups is 1. The lowest BCUT2D eigenvalue weighted by Crippen LogP contribution is -2.42. The Bertz CT molecular complexity index is 1340. The molecule has 2 heterocycles. The van der Waals surface area contributed by atoms with Gasteiger partial charge in [-0.1, -0.05) is 36.4 Å². The van der Waals surface area contributed by atoms with E-state index in [2.05, 4.69) is 40.6 Å². The number of alkyl halides is 6. The molecule has 0 bridgehead atoms. The zero-order valence-corrected chi connectivity index (χ0v) is 22.3. The number of likely N-dealkylation sites (tertiary alicyclic amines) is 1. The smallest absolute Gasteiger partial charge is 0.351 e. The van der Waals surface area contributed by atoms with Crippen LogP contribution in [0.25, 0.3) is 6.08 Å². The van der Waals surface area contributed by atoms with Crippen LogP contribution in [0, 0.1) is 0 Å². The van der Waals surface area contributed by atoms with Crippen molar-refractivity contribution in [3.63, 3.8) is 0 Å². The van der Waals surface area contributed by atoms with Crippen LogP contribution in [-0.4, -0.2) is 30.4 Å². The van der Waals surface area contributed by atoms with Crippen molar-refractivity contribution in [3.05, 3.63) is 98.7 Å². The number of piperidine rings is 1. The number of hydrogen-bond donors (Lipinski definition) is 1. The molecule has 1 spiro atoms. The summed E-state index contributed by atoms with van der Waals surface area (Å²) in [6.45, 7) is 1.93. The number of nitrogens with one attached hydrogen (secondary N) is 1. The van der Waals surface area contributed by atoms with E-state index >= 15 is 0 Å². The fourth-order valence-corrected chi connectivity index (χ4v) is 6.43. The Morgan fingerprint density at radius 3 is 2.27 bits per heavy atom. The molecule has 2 aliphatic rings. The van der Waals surface area contributed by atoms with Crippen LogP contribution >= 0.6 is 11.3 Å². The van der Waals surface area contributed by atoms with E-state index in [0.717, 1.165) is 31.5 Å². The molecule has 0 radical (unpaired) electrons. The summed E-state index contributed by atoms with van der Waals surface area (Å²) in [5.41, 5.74) is 0.376. The summed E-state index contributed by atoms with van der Waals surface area (Å²) in [6, 6.07) is 11.6. The molecule has 1 N–H and O–H groups in total. The van der Waals surface area contributed by atoms with Crippen LogP contribution in [0.2, 0.25) is 0 Å². The van der Waals surface area contributed by atoms with Crippen molar-refractivity contribution in [1.29, 1.82) is 0 Å². The van der Waals surface area contributed by atoms with Crippen molar-refractivity contribution in [1.82, 2.24) is 10.2 Å². The third-order valence-electron chi connectivity index (χ3n) is 7.94. The van der Waals surface area contributed by atoms with E-state index in [0.29, 0.717) is 25.1 Å². The topological polar surface area (TPSA) is 32.3 Å². The quantitative estimate of drug-likeness (QED) is 0.293. The molecule has 2 aromatic carbocycles. The molecule has 1 aliphatic heterocycles. The van der Waals surface area contributed by atoms with Gasteiger partial charge in [0.15, 0.2) is 0 Å². The van der Waals surface area contributed by atoms with Crippen LogP contribution in [0.15, 0.2) is 65.4 Å². The van der Waals surface area contributed by atoms with Crippen LogP contribution in [0.4, 0.5) is 26.3 Å². The number of nitrogens with zero attached hydrogens (tertiary/aromatic N) is 1. The second-order valence-electron chi connectivity index (χ2n) is 10.4. The first-order valence-electron chi connectivity index (χ1n) is 13.0.